The second-order valence-electron chi connectivity index (χ2n) is 7.01. The third-order valence-corrected chi connectivity index (χ3v) is 7.28. The Hall–Kier alpha value is -1.92. The van der Waals surface area contributed by atoms with Gasteiger partial charge in [-0.1, -0.05) is 6.07 Å². The van der Waals surface area contributed by atoms with Gasteiger partial charge < -0.3 is 4.90 Å². The lowest BCUT2D eigenvalue weighted by Crippen LogP contribution is -2.48. The second-order valence-corrected chi connectivity index (χ2v) is 8.94. The number of hydrogen-bond donors (Lipinski definition) is 0. The van der Waals surface area contributed by atoms with Crippen molar-refractivity contribution in [2.75, 3.05) is 31.1 Å². The molecule has 0 amide bonds. The standard InChI is InChI=1S/C20H23FN2O2S/c21-18-6-8-19(9-7-18)22-11-13-23(14-12-22)26(24,25)20-10-5-16-3-1-2-4-17(16)15-20/h5-10,15H,1-4,11-14H2. The first-order valence-corrected chi connectivity index (χ1v) is 10.6. The van der Waals surface area contributed by atoms with Gasteiger partial charge in [-0.25, -0.2) is 12.8 Å². The van der Waals surface area contributed by atoms with Gasteiger partial charge in [0.25, 0.3) is 0 Å². The van der Waals surface area contributed by atoms with Crippen LogP contribution < -0.4 is 4.90 Å². The number of piperazine rings is 1. The first-order chi connectivity index (χ1) is 12.5. The van der Waals surface area contributed by atoms with Crippen molar-refractivity contribution in [3.05, 3.63) is 59.4 Å². The van der Waals surface area contributed by atoms with Crippen molar-refractivity contribution in [1.29, 1.82) is 0 Å². The number of hydrogen-bond acceptors (Lipinski definition) is 3. The molecule has 1 saturated heterocycles. The highest BCUT2D eigenvalue weighted by molar-refractivity contribution is 7.89. The van der Waals surface area contributed by atoms with Crippen LogP contribution in [-0.4, -0.2) is 38.9 Å². The lowest BCUT2D eigenvalue weighted by molar-refractivity contribution is 0.385. The summed E-state index contributed by atoms with van der Waals surface area (Å²) in [6, 6.07) is 12.0. The summed E-state index contributed by atoms with van der Waals surface area (Å²) in [4.78, 5) is 2.51. The van der Waals surface area contributed by atoms with E-state index in [1.807, 2.05) is 12.1 Å². The van der Waals surface area contributed by atoms with Crippen molar-refractivity contribution in [3.63, 3.8) is 0 Å². The van der Waals surface area contributed by atoms with Crippen LogP contribution in [0.1, 0.15) is 24.0 Å². The van der Waals surface area contributed by atoms with Gasteiger partial charge in [0.05, 0.1) is 4.90 Å². The maximum Gasteiger partial charge on any atom is 0.243 e. The Morgan fingerprint density at radius 3 is 2.15 bits per heavy atom. The van der Waals surface area contributed by atoms with Gasteiger partial charge in [-0.2, -0.15) is 4.31 Å². The van der Waals surface area contributed by atoms with Crippen LogP contribution in [0.5, 0.6) is 0 Å². The van der Waals surface area contributed by atoms with Crippen molar-refractivity contribution in [1.82, 2.24) is 4.31 Å². The Morgan fingerprint density at radius 2 is 1.46 bits per heavy atom. The van der Waals surface area contributed by atoms with Gasteiger partial charge >= 0.3 is 0 Å². The average molecular weight is 374 g/mol. The van der Waals surface area contributed by atoms with Crippen molar-refractivity contribution in [2.24, 2.45) is 0 Å². The van der Waals surface area contributed by atoms with Crippen LogP contribution >= 0.6 is 0 Å². The van der Waals surface area contributed by atoms with Crippen LogP contribution in [-0.2, 0) is 22.9 Å². The lowest BCUT2D eigenvalue weighted by Gasteiger charge is -2.35. The summed E-state index contributed by atoms with van der Waals surface area (Å²) in [5, 5.41) is 0. The molecule has 0 unspecified atom stereocenters. The van der Waals surface area contributed by atoms with Crippen molar-refractivity contribution >= 4 is 15.7 Å². The maximum absolute atomic E-state index is 13.1. The molecule has 4 nitrogen and oxygen atoms in total. The quantitative estimate of drug-likeness (QED) is 0.828. The molecule has 2 aromatic carbocycles. The molecule has 0 radical (unpaired) electrons. The molecule has 0 spiro atoms. The number of benzene rings is 2. The highest BCUT2D eigenvalue weighted by Crippen LogP contribution is 2.27. The van der Waals surface area contributed by atoms with E-state index < -0.39 is 10.0 Å². The number of nitrogens with zero attached hydrogens (tertiary/aromatic N) is 2. The van der Waals surface area contributed by atoms with Gasteiger partial charge in [0, 0.05) is 31.9 Å². The third kappa shape index (κ3) is 3.35. The summed E-state index contributed by atoms with van der Waals surface area (Å²) in [5.41, 5.74) is 3.40. The molecule has 1 aliphatic heterocycles. The fraction of sp³-hybridized carbons (Fsp3) is 0.400. The summed E-state index contributed by atoms with van der Waals surface area (Å²) in [5.74, 6) is -0.262. The first-order valence-electron chi connectivity index (χ1n) is 9.16. The molecule has 0 atom stereocenters. The highest BCUT2D eigenvalue weighted by Gasteiger charge is 2.29. The molecular formula is C20H23FN2O2S. The number of fused-ring (bicyclic) bond motifs is 1. The molecule has 138 valence electrons. The van der Waals surface area contributed by atoms with E-state index in [0.29, 0.717) is 31.1 Å². The van der Waals surface area contributed by atoms with E-state index in [2.05, 4.69) is 4.90 Å². The van der Waals surface area contributed by atoms with Gasteiger partial charge in [-0.05, 0) is 73.2 Å². The Kier molecular flexibility index (Phi) is 4.71. The monoisotopic (exact) mass is 374 g/mol. The maximum atomic E-state index is 13.1. The SMILES string of the molecule is O=S(=O)(c1ccc2c(c1)CCCC2)N1CCN(c2ccc(F)cc2)CC1. The average Bonchev–Trinajstić information content (AvgIpc) is 2.68. The topological polar surface area (TPSA) is 40.6 Å². The van der Waals surface area contributed by atoms with E-state index in [9.17, 15) is 12.8 Å². The Bertz CT molecular complexity index is 889. The fourth-order valence-corrected chi connectivity index (χ4v) is 5.33. The molecule has 1 heterocycles. The third-order valence-electron chi connectivity index (χ3n) is 5.39. The number of anilines is 1. The molecule has 0 N–H and O–H groups in total. The molecule has 26 heavy (non-hydrogen) atoms. The summed E-state index contributed by atoms with van der Waals surface area (Å²) in [6.45, 7) is 2.10. The summed E-state index contributed by atoms with van der Waals surface area (Å²) in [7, 11) is -3.46. The van der Waals surface area contributed by atoms with E-state index in [-0.39, 0.29) is 5.82 Å². The van der Waals surface area contributed by atoms with Crippen LogP contribution in [0, 0.1) is 5.82 Å². The van der Waals surface area contributed by atoms with E-state index in [1.54, 1.807) is 22.5 Å². The van der Waals surface area contributed by atoms with Crippen molar-refractivity contribution < 1.29 is 12.8 Å². The summed E-state index contributed by atoms with van der Waals surface area (Å²) in [6.07, 6.45) is 4.33. The molecule has 1 aliphatic carbocycles. The van der Waals surface area contributed by atoms with Crippen LogP contribution in [0.2, 0.25) is 0 Å². The first kappa shape index (κ1) is 17.5. The smallest absolute Gasteiger partial charge is 0.243 e. The van der Waals surface area contributed by atoms with Crippen molar-refractivity contribution in [2.45, 2.75) is 30.6 Å². The molecule has 4 rings (SSSR count). The minimum Gasteiger partial charge on any atom is -0.369 e. The molecule has 6 heteroatoms. The fourth-order valence-electron chi connectivity index (χ4n) is 3.86. The largest absolute Gasteiger partial charge is 0.369 e. The molecule has 0 saturated carbocycles. The predicted octanol–water partition coefficient (Wildman–Crippen LogP) is 3.22. The van der Waals surface area contributed by atoms with Crippen LogP contribution in [0.3, 0.4) is 0 Å². The number of halogens is 1. The highest BCUT2D eigenvalue weighted by atomic mass is 32.2. The zero-order chi connectivity index (χ0) is 18.1. The predicted molar refractivity (Wildman–Crippen MR) is 100 cm³/mol. The van der Waals surface area contributed by atoms with E-state index >= 15 is 0 Å². The van der Waals surface area contributed by atoms with Crippen LogP contribution in [0.4, 0.5) is 10.1 Å². The number of rotatable bonds is 3. The summed E-state index contributed by atoms with van der Waals surface area (Å²) >= 11 is 0. The van der Waals surface area contributed by atoms with Gasteiger partial charge in [0.15, 0.2) is 0 Å². The number of aryl methyl sites for hydroxylation is 2. The minimum absolute atomic E-state index is 0.262. The van der Waals surface area contributed by atoms with Crippen LogP contribution in [0.25, 0.3) is 0 Å². The zero-order valence-corrected chi connectivity index (χ0v) is 15.5. The molecular weight excluding hydrogens is 351 g/mol. The van der Waals surface area contributed by atoms with Gasteiger partial charge in [-0.15, -0.1) is 0 Å². The van der Waals surface area contributed by atoms with E-state index in [1.165, 1.54) is 29.7 Å². The van der Waals surface area contributed by atoms with Gasteiger partial charge in [-0.3, -0.25) is 0 Å². The van der Waals surface area contributed by atoms with Crippen molar-refractivity contribution in [3.8, 4) is 0 Å². The molecule has 0 aromatic heterocycles. The van der Waals surface area contributed by atoms with E-state index in [4.69, 9.17) is 0 Å². The molecule has 2 aromatic rings. The summed E-state index contributed by atoms with van der Waals surface area (Å²) < 4.78 is 40.7. The van der Waals surface area contributed by atoms with Crippen LogP contribution in [0.15, 0.2) is 47.4 Å². The Balaban J connectivity index is 1.48. The minimum atomic E-state index is -3.46. The molecule has 0 bridgehead atoms. The lowest BCUT2D eigenvalue weighted by atomic mass is 9.92. The molecule has 2 aliphatic rings. The Morgan fingerprint density at radius 1 is 0.808 bits per heavy atom. The normalized spacial score (nSPS) is 18.6. The zero-order valence-electron chi connectivity index (χ0n) is 14.7. The molecule has 1 fully saturated rings. The van der Waals surface area contributed by atoms with E-state index in [0.717, 1.165) is 24.9 Å². The van der Waals surface area contributed by atoms with Gasteiger partial charge in [0.1, 0.15) is 5.82 Å². The number of sulfonamides is 1. The second kappa shape index (κ2) is 7.00. The van der Waals surface area contributed by atoms with Gasteiger partial charge in [0.2, 0.25) is 10.0 Å². The Labute approximate surface area is 154 Å².